The average molecular weight is 506 g/mol. The third kappa shape index (κ3) is 3.84. The van der Waals surface area contributed by atoms with Crippen molar-refractivity contribution in [2.45, 2.75) is 64.1 Å². The maximum Gasteiger partial charge on any atom is 0.408 e. The van der Waals surface area contributed by atoms with Crippen LogP contribution in [0.3, 0.4) is 0 Å². The van der Waals surface area contributed by atoms with Crippen LogP contribution >= 0.6 is 0 Å². The standard InChI is InChI=1S/C25H29F2N3O6/c1-12-11-35-20-18-14(9-15(22(32)33)21(31)30(12)18)16(26)17(27)19(20)29-8-5-13(10-29)25(6-7-25)28-23(34)36-24(2,3)4/h9,12-13H,5-8,10-11H2,1-4H3,(H,28,34)(H,32,33)/t12-,13+/m0/s1. The molecule has 9 nitrogen and oxygen atoms in total. The first-order chi connectivity index (χ1) is 16.8. The Morgan fingerprint density at radius 3 is 2.56 bits per heavy atom. The number of aromatic carboxylic acids is 1. The van der Waals surface area contributed by atoms with Gasteiger partial charge in [0.1, 0.15) is 23.5 Å². The van der Waals surface area contributed by atoms with Crippen LogP contribution in [0.25, 0.3) is 10.9 Å². The molecule has 1 saturated heterocycles. The van der Waals surface area contributed by atoms with Crippen molar-refractivity contribution in [3.8, 4) is 5.75 Å². The molecule has 194 valence electrons. The number of nitrogens with one attached hydrogen (secondary N) is 1. The number of halogens is 2. The van der Waals surface area contributed by atoms with Gasteiger partial charge in [-0.05, 0) is 53.0 Å². The zero-order valence-corrected chi connectivity index (χ0v) is 20.6. The van der Waals surface area contributed by atoms with E-state index in [1.54, 1.807) is 32.6 Å². The molecule has 1 aromatic carbocycles. The number of anilines is 1. The van der Waals surface area contributed by atoms with Crippen molar-refractivity contribution in [2.24, 2.45) is 5.92 Å². The number of alkyl carbamates (subject to hydrolysis) is 1. The fourth-order valence-corrected chi connectivity index (χ4v) is 5.43. The van der Waals surface area contributed by atoms with Crippen molar-refractivity contribution < 1.29 is 33.0 Å². The summed E-state index contributed by atoms with van der Waals surface area (Å²) in [5, 5.41) is 12.1. The Balaban J connectivity index is 1.53. The van der Waals surface area contributed by atoms with E-state index in [4.69, 9.17) is 9.47 Å². The van der Waals surface area contributed by atoms with E-state index in [1.165, 1.54) is 4.57 Å². The summed E-state index contributed by atoms with van der Waals surface area (Å²) in [6, 6.07) is 0.309. The molecule has 3 heterocycles. The van der Waals surface area contributed by atoms with E-state index in [0.29, 0.717) is 19.5 Å². The Kier molecular flexibility index (Phi) is 5.46. The smallest absolute Gasteiger partial charge is 0.408 e. The predicted molar refractivity (Wildman–Crippen MR) is 127 cm³/mol. The average Bonchev–Trinajstić information content (AvgIpc) is 3.37. The summed E-state index contributed by atoms with van der Waals surface area (Å²) >= 11 is 0. The summed E-state index contributed by atoms with van der Waals surface area (Å²) in [5.41, 5.74) is -2.55. The van der Waals surface area contributed by atoms with Crippen LogP contribution in [0.4, 0.5) is 19.3 Å². The summed E-state index contributed by atoms with van der Waals surface area (Å²) in [4.78, 5) is 38.6. The Bertz CT molecular complexity index is 1340. The van der Waals surface area contributed by atoms with Crippen molar-refractivity contribution in [2.75, 3.05) is 24.6 Å². The van der Waals surface area contributed by atoms with E-state index in [9.17, 15) is 19.5 Å². The fraction of sp³-hybridized carbons (Fsp3) is 0.560. The van der Waals surface area contributed by atoms with E-state index in [0.717, 1.165) is 18.9 Å². The van der Waals surface area contributed by atoms with Gasteiger partial charge in [-0.15, -0.1) is 0 Å². The van der Waals surface area contributed by atoms with Crippen molar-refractivity contribution in [1.82, 2.24) is 9.88 Å². The topological polar surface area (TPSA) is 110 Å². The molecule has 1 aliphatic carbocycles. The van der Waals surface area contributed by atoms with Crippen molar-refractivity contribution in [3.63, 3.8) is 0 Å². The molecule has 2 N–H and O–H groups in total. The largest absolute Gasteiger partial charge is 0.487 e. The molecule has 5 rings (SSSR count). The van der Waals surface area contributed by atoms with Gasteiger partial charge in [-0.3, -0.25) is 9.36 Å². The van der Waals surface area contributed by atoms with Crippen molar-refractivity contribution in [3.05, 3.63) is 33.6 Å². The number of carboxylic acids is 1. The molecule has 36 heavy (non-hydrogen) atoms. The van der Waals surface area contributed by atoms with Crippen molar-refractivity contribution in [1.29, 1.82) is 0 Å². The van der Waals surface area contributed by atoms with E-state index in [-0.39, 0.29) is 34.9 Å². The number of rotatable bonds is 4. The summed E-state index contributed by atoms with van der Waals surface area (Å²) < 4.78 is 43.3. The van der Waals surface area contributed by atoms with Gasteiger partial charge in [-0.1, -0.05) is 0 Å². The lowest BCUT2D eigenvalue weighted by Crippen LogP contribution is -2.46. The number of carbonyl (C=O) groups excluding carboxylic acids is 1. The molecule has 2 atom stereocenters. The minimum absolute atomic E-state index is 0.00452. The number of hydrogen-bond acceptors (Lipinski definition) is 6. The number of carbonyl (C=O) groups is 2. The first kappa shape index (κ1) is 24.3. The normalized spacial score (nSPS) is 22.3. The van der Waals surface area contributed by atoms with Crippen LogP contribution in [-0.4, -0.2) is 52.6 Å². The van der Waals surface area contributed by atoms with Gasteiger partial charge in [0, 0.05) is 29.9 Å². The quantitative estimate of drug-likeness (QED) is 0.650. The van der Waals surface area contributed by atoms with E-state index >= 15 is 8.78 Å². The van der Waals surface area contributed by atoms with Gasteiger partial charge in [-0.25, -0.2) is 18.4 Å². The van der Waals surface area contributed by atoms with Crippen LogP contribution in [0.5, 0.6) is 5.75 Å². The second kappa shape index (κ2) is 8.07. The van der Waals surface area contributed by atoms with Crippen molar-refractivity contribution >= 4 is 28.7 Å². The Morgan fingerprint density at radius 1 is 1.25 bits per heavy atom. The van der Waals surface area contributed by atoms with Crippen LogP contribution in [-0.2, 0) is 4.74 Å². The van der Waals surface area contributed by atoms with Crippen LogP contribution in [0.2, 0.25) is 0 Å². The minimum Gasteiger partial charge on any atom is -0.487 e. The first-order valence-electron chi connectivity index (χ1n) is 12.1. The molecule has 2 aliphatic heterocycles. The molecule has 1 amide bonds. The highest BCUT2D eigenvalue weighted by molar-refractivity contribution is 5.97. The number of nitrogens with zero attached hydrogens (tertiary/aromatic N) is 2. The molecular formula is C25H29F2N3O6. The number of amides is 1. The molecule has 0 bridgehead atoms. The molecule has 11 heteroatoms. The second-order valence-electron chi connectivity index (χ2n) is 11.0. The van der Waals surface area contributed by atoms with Crippen LogP contribution in [0.1, 0.15) is 63.4 Å². The minimum atomic E-state index is -1.51. The third-order valence-electron chi connectivity index (χ3n) is 7.27. The molecule has 3 aliphatic rings. The van der Waals surface area contributed by atoms with E-state index in [2.05, 4.69) is 5.32 Å². The Morgan fingerprint density at radius 2 is 1.94 bits per heavy atom. The van der Waals surface area contributed by atoms with Gasteiger partial charge in [-0.2, -0.15) is 0 Å². The number of hydrogen-bond donors (Lipinski definition) is 2. The van der Waals surface area contributed by atoms with Crippen LogP contribution in [0, 0.1) is 17.6 Å². The molecular weight excluding hydrogens is 476 g/mol. The number of benzene rings is 1. The highest BCUT2D eigenvalue weighted by Crippen LogP contribution is 2.50. The number of ether oxygens (including phenoxy) is 2. The number of carboxylic acid groups (broad SMARTS) is 1. The molecule has 2 aromatic rings. The lowest BCUT2D eigenvalue weighted by atomic mass is 9.96. The van der Waals surface area contributed by atoms with E-state index in [1.807, 2.05) is 0 Å². The van der Waals surface area contributed by atoms with Crippen LogP contribution in [0.15, 0.2) is 10.9 Å². The highest BCUT2D eigenvalue weighted by atomic mass is 19.2. The molecule has 0 radical (unpaired) electrons. The van der Waals surface area contributed by atoms with Gasteiger partial charge >= 0.3 is 12.1 Å². The Labute approximate surface area is 206 Å². The SMILES string of the molecule is C[C@H]1COc2c(N3CC[C@@H](C4(NC(=O)OC(C)(C)C)CC4)C3)c(F)c(F)c3cc(C(=O)O)c(=O)n1c23. The number of aromatic nitrogens is 1. The van der Waals surface area contributed by atoms with Gasteiger partial charge in [0.25, 0.3) is 5.56 Å². The van der Waals surface area contributed by atoms with Gasteiger partial charge in [0.15, 0.2) is 17.4 Å². The van der Waals surface area contributed by atoms with E-state index < -0.39 is 52.0 Å². The highest BCUT2D eigenvalue weighted by Gasteiger charge is 2.53. The summed E-state index contributed by atoms with van der Waals surface area (Å²) in [5.74, 6) is -3.88. The first-order valence-corrected chi connectivity index (χ1v) is 12.1. The molecule has 0 unspecified atom stereocenters. The van der Waals surface area contributed by atoms with Gasteiger partial charge < -0.3 is 24.8 Å². The Hall–Kier alpha value is -3.37. The lowest BCUT2D eigenvalue weighted by Gasteiger charge is -2.31. The molecule has 2 fully saturated rings. The molecule has 1 saturated carbocycles. The third-order valence-corrected chi connectivity index (χ3v) is 7.27. The maximum absolute atomic E-state index is 15.5. The monoisotopic (exact) mass is 505 g/mol. The summed E-state index contributed by atoms with van der Waals surface area (Å²) in [6.45, 7) is 7.75. The van der Waals surface area contributed by atoms with Gasteiger partial charge in [0.05, 0.1) is 11.6 Å². The predicted octanol–water partition coefficient (Wildman–Crippen LogP) is 3.81. The zero-order valence-electron chi connectivity index (χ0n) is 20.6. The maximum atomic E-state index is 15.5. The molecule has 1 aromatic heterocycles. The summed E-state index contributed by atoms with van der Waals surface area (Å²) in [7, 11) is 0. The second-order valence-corrected chi connectivity index (χ2v) is 11.0. The number of pyridine rings is 1. The summed E-state index contributed by atoms with van der Waals surface area (Å²) in [6.07, 6.45) is 1.65. The van der Waals surface area contributed by atoms with Crippen LogP contribution < -0.4 is 20.5 Å². The lowest BCUT2D eigenvalue weighted by molar-refractivity contribution is 0.0477. The zero-order chi connectivity index (χ0) is 26.2. The fourth-order valence-electron chi connectivity index (χ4n) is 5.43. The van der Waals surface area contributed by atoms with Gasteiger partial charge in [0.2, 0.25) is 0 Å². The molecule has 0 spiro atoms.